The summed E-state index contributed by atoms with van der Waals surface area (Å²) in [5, 5.41) is 4.16. The first kappa shape index (κ1) is 11.6. The molecule has 0 radical (unpaired) electrons. The Morgan fingerprint density at radius 2 is 2.43 bits per heavy atom. The standard InChI is InChI=1S/C10H19N3S/c1-10(14-2)8-11-4-3-6-13-7-5-12-9-13/h5,7,9-11H,3-4,6,8H2,1-2H3. The van der Waals surface area contributed by atoms with Gasteiger partial charge in [-0.15, -0.1) is 0 Å². The van der Waals surface area contributed by atoms with Crippen molar-refractivity contribution in [2.45, 2.75) is 25.1 Å². The SMILES string of the molecule is CSC(C)CNCCCn1ccnc1. The van der Waals surface area contributed by atoms with E-state index in [-0.39, 0.29) is 0 Å². The Kier molecular flexibility index (Phi) is 5.71. The maximum Gasteiger partial charge on any atom is 0.0945 e. The molecule has 1 rings (SSSR count). The molecule has 0 aromatic carbocycles. The van der Waals surface area contributed by atoms with Gasteiger partial charge in [0.05, 0.1) is 6.33 Å². The van der Waals surface area contributed by atoms with Gasteiger partial charge in [0.2, 0.25) is 0 Å². The third kappa shape index (κ3) is 4.67. The Balaban J connectivity index is 1.95. The Labute approximate surface area is 90.3 Å². The van der Waals surface area contributed by atoms with Crippen LogP contribution in [0.5, 0.6) is 0 Å². The summed E-state index contributed by atoms with van der Waals surface area (Å²) in [7, 11) is 0. The van der Waals surface area contributed by atoms with Crippen LogP contribution < -0.4 is 5.32 Å². The predicted molar refractivity (Wildman–Crippen MR) is 62.7 cm³/mol. The van der Waals surface area contributed by atoms with Gasteiger partial charge in [-0.1, -0.05) is 6.92 Å². The van der Waals surface area contributed by atoms with Crippen LogP contribution in [0.3, 0.4) is 0 Å². The smallest absolute Gasteiger partial charge is 0.0945 e. The van der Waals surface area contributed by atoms with Crippen LogP contribution in [0.4, 0.5) is 0 Å². The van der Waals surface area contributed by atoms with Gasteiger partial charge in [0, 0.05) is 30.7 Å². The van der Waals surface area contributed by atoms with E-state index < -0.39 is 0 Å². The average Bonchev–Trinajstić information content (AvgIpc) is 2.69. The molecule has 0 amide bonds. The van der Waals surface area contributed by atoms with Crippen molar-refractivity contribution in [2.75, 3.05) is 19.3 Å². The van der Waals surface area contributed by atoms with Crippen molar-refractivity contribution in [2.24, 2.45) is 0 Å². The molecule has 0 aliphatic heterocycles. The van der Waals surface area contributed by atoms with Gasteiger partial charge in [0.1, 0.15) is 0 Å². The summed E-state index contributed by atoms with van der Waals surface area (Å²) in [5.74, 6) is 0. The number of aromatic nitrogens is 2. The summed E-state index contributed by atoms with van der Waals surface area (Å²) >= 11 is 1.90. The van der Waals surface area contributed by atoms with Gasteiger partial charge in [0.15, 0.2) is 0 Å². The van der Waals surface area contributed by atoms with Crippen LogP contribution in [-0.4, -0.2) is 34.1 Å². The van der Waals surface area contributed by atoms with Crippen LogP contribution in [-0.2, 0) is 6.54 Å². The average molecular weight is 213 g/mol. The third-order valence-corrected chi connectivity index (χ3v) is 3.13. The lowest BCUT2D eigenvalue weighted by Gasteiger charge is -2.09. The zero-order chi connectivity index (χ0) is 10.2. The normalized spacial score (nSPS) is 13.0. The zero-order valence-electron chi connectivity index (χ0n) is 8.94. The summed E-state index contributed by atoms with van der Waals surface area (Å²) in [4.78, 5) is 4.00. The van der Waals surface area contributed by atoms with E-state index in [0.717, 1.165) is 26.1 Å². The van der Waals surface area contributed by atoms with Gasteiger partial charge in [-0.2, -0.15) is 11.8 Å². The molecule has 1 aromatic heterocycles. The second-order valence-electron chi connectivity index (χ2n) is 3.40. The monoisotopic (exact) mass is 213 g/mol. The molecule has 0 spiro atoms. The number of nitrogens with zero attached hydrogens (tertiary/aromatic N) is 2. The third-order valence-electron chi connectivity index (χ3n) is 2.16. The molecule has 0 fully saturated rings. The molecule has 1 atom stereocenters. The van der Waals surface area contributed by atoms with Crippen LogP contribution in [0.25, 0.3) is 0 Å². The molecule has 4 heteroatoms. The number of thioether (sulfide) groups is 1. The summed E-state index contributed by atoms with van der Waals surface area (Å²) in [5.41, 5.74) is 0. The Morgan fingerprint density at radius 1 is 1.57 bits per heavy atom. The van der Waals surface area contributed by atoms with Crippen molar-refractivity contribution in [1.29, 1.82) is 0 Å². The second-order valence-corrected chi connectivity index (χ2v) is 4.68. The van der Waals surface area contributed by atoms with Gasteiger partial charge < -0.3 is 9.88 Å². The van der Waals surface area contributed by atoms with Crippen LogP contribution in [0, 0.1) is 0 Å². The number of rotatable bonds is 7. The first-order chi connectivity index (χ1) is 6.83. The second kappa shape index (κ2) is 6.90. The fourth-order valence-electron chi connectivity index (χ4n) is 1.19. The van der Waals surface area contributed by atoms with Crippen LogP contribution in [0.1, 0.15) is 13.3 Å². The Bertz CT molecular complexity index is 223. The fourth-order valence-corrected chi connectivity index (χ4v) is 1.48. The molecule has 14 heavy (non-hydrogen) atoms. The van der Waals surface area contributed by atoms with Crippen LogP contribution in [0.2, 0.25) is 0 Å². The molecule has 0 saturated heterocycles. The summed E-state index contributed by atoms with van der Waals surface area (Å²) < 4.78 is 2.11. The molecule has 1 aromatic rings. The van der Waals surface area contributed by atoms with Crippen LogP contribution in [0.15, 0.2) is 18.7 Å². The number of hydrogen-bond donors (Lipinski definition) is 1. The quantitative estimate of drug-likeness (QED) is 0.698. The maximum atomic E-state index is 4.00. The van der Waals surface area contributed by atoms with E-state index in [1.807, 2.05) is 30.5 Å². The fraction of sp³-hybridized carbons (Fsp3) is 0.700. The van der Waals surface area contributed by atoms with E-state index in [4.69, 9.17) is 0 Å². The lowest BCUT2D eigenvalue weighted by atomic mass is 10.4. The number of nitrogens with one attached hydrogen (secondary N) is 1. The number of imidazole rings is 1. The molecular formula is C10H19N3S. The predicted octanol–water partition coefficient (Wildman–Crippen LogP) is 1.61. The summed E-state index contributed by atoms with van der Waals surface area (Å²) in [6.45, 7) is 5.49. The zero-order valence-corrected chi connectivity index (χ0v) is 9.76. The molecule has 0 bridgehead atoms. The first-order valence-corrected chi connectivity index (χ1v) is 6.31. The van der Waals surface area contributed by atoms with Crippen molar-refractivity contribution in [3.8, 4) is 0 Å². The Hall–Kier alpha value is -0.480. The minimum Gasteiger partial charge on any atom is -0.337 e. The highest BCUT2D eigenvalue weighted by atomic mass is 32.2. The first-order valence-electron chi connectivity index (χ1n) is 5.02. The molecule has 1 unspecified atom stereocenters. The molecule has 0 aliphatic rings. The van der Waals surface area contributed by atoms with E-state index in [1.54, 1.807) is 0 Å². The van der Waals surface area contributed by atoms with E-state index in [0.29, 0.717) is 5.25 Å². The maximum absolute atomic E-state index is 4.00. The topological polar surface area (TPSA) is 29.9 Å². The minimum atomic E-state index is 0.711. The lowest BCUT2D eigenvalue weighted by Crippen LogP contribution is -2.24. The van der Waals surface area contributed by atoms with Crippen molar-refractivity contribution in [3.05, 3.63) is 18.7 Å². The molecular weight excluding hydrogens is 194 g/mol. The van der Waals surface area contributed by atoms with E-state index in [2.05, 4.69) is 28.0 Å². The van der Waals surface area contributed by atoms with E-state index in [9.17, 15) is 0 Å². The Morgan fingerprint density at radius 3 is 3.07 bits per heavy atom. The highest BCUT2D eigenvalue weighted by Crippen LogP contribution is 2.02. The van der Waals surface area contributed by atoms with Crippen molar-refractivity contribution in [3.63, 3.8) is 0 Å². The molecule has 1 N–H and O–H groups in total. The van der Waals surface area contributed by atoms with E-state index >= 15 is 0 Å². The lowest BCUT2D eigenvalue weighted by molar-refractivity contribution is 0.581. The molecule has 1 heterocycles. The van der Waals surface area contributed by atoms with Crippen LogP contribution >= 0.6 is 11.8 Å². The molecule has 3 nitrogen and oxygen atoms in total. The highest BCUT2D eigenvalue weighted by Gasteiger charge is 1.97. The van der Waals surface area contributed by atoms with Gasteiger partial charge >= 0.3 is 0 Å². The van der Waals surface area contributed by atoms with Gasteiger partial charge in [0.25, 0.3) is 0 Å². The summed E-state index contributed by atoms with van der Waals surface area (Å²) in [6.07, 6.45) is 9.01. The van der Waals surface area contributed by atoms with Crippen molar-refractivity contribution >= 4 is 11.8 Å². The largest absolute Gasteiger partial charge is 0.337 e. The van der Waals surface area contributed by atoms with Crippen molar-refractivity contribution in [1.82, 2.24) is 14.9 Å². The van der Waals surface area contributed by atoms with Gasteiger partial charge in [-0.3, -0.25) is 0 Å². The summed E-state index contributed by atoms with van der Waals surface area (Å²) in [6, 6.07) is 0. The van der Waals surface area contributed by atoms with Crippen molar-refractivity contribution < 1.29 is 0 Å². The van der Waals surface area contributed by atoms with Gasteiger partial charge in [-0.25, -0.2) is 4.98 Å². The molecule has 0 saturated carbocycles. The minimum absolute atomic E-state index is 0.711. The number of aryl methyl sites for hydroxylation is 1. The van der Waals surface area contributed by atoms with Gasteiger partial charge in [-0.05, 0) is 19.2 Å². The highest BCUT2D eigenvalue weighted by molar-refractivity contribution is 7.99. The number of hydrogen-bond acceptors (Lipinski definition) is 3. The molecule has 80 valence electrons. The van der Waals surface area contributed by atoms with E-state index in [1.165, 1.54) is 0 Å². The molecule has 0 aliphatic carbocycles.